The summed E-state index contributed by atoms with van der Waals surface area (Å²) in [6, 6.07) is 7.41. The average Bonchev–Trinajstić information content (AvgIpc) is 3.17. The normalized spacial score (nSPS) is 12.0. The summed E-state index contributed by atoms with van der Waals surface area (Å²) in [5.41, 5.74) is 1.58. The minimum atomic E-state index is -4.01. The summed E-state index contributed by atoms with van der Waals surface area (Å²) in [6.45, 7) is 5.13. The van der Waals surface area contributed by atoms with Crippen LogP contribution in [-0.4, -0.2) is 39.2 Å². The molecule has 0 aliphatic rings. The highest BCUT2D eigenvalue weighted by molar-refractivity contribution is 7.51. The summed E-state index contributed by atoms with van der Waals surface area (Å²) < 4.78 is 11.1. The van der Waals surface area contributed by atoms with Gasteiger partial charge in [0.05, 0.1) is 11.8 Å². The fourth-order valence-electron chi connectivity index (χ4n) is 2.99. The summed E-state index contributed by atoms with van der Waals surface area (Å²) >= 11 is 1.48. The van der Waals surface area contributed by atoms with Crippen LogP contribution in [0.3, 0.4) is 0 Å². The maximum Gasteiger partial charge on any atom is 0.327 e. The van der Waals surface area contributed by atoms with Gasteiger partial charge in [-0.3, -0.25) is 4.57 Å². The van der Waals surface area contributed by atoms with Crippen LogP contribution in [0.5, 0.6) is 0 Å². The van der Waals surface area contributed by atoms with E-state index in [0.29, 0.717) is 23.9 Å². The monoisotopic (exact) mass is 453 g/mol. The molecular formula is C20H32N5O3PS. The van der Waals surface area contributed by atoms with Crippen LogP contribution in [0.2, 0.25) is 0 Å². The zero-order chi connectivity index (χ0) is 21.8. The molecule has 0 atom stereocenters. The molecule has 0 saturated heterocycles. The SMILES string of the molecule is CCCCCCCCc1nnc(N=Nc2ccc(N(CC)CCP(=O)(O)O)cc2)s1. The van der Waals surface area contributed by atoms with E-state index >= 15 is 0 Å². The van der Waals surface area contributed by atoms with Crippen LogP contribution in [0.15, 0.2) is 34.5 Å². The third-order valence-corrected chi connectivity index (χ3v) is 6.36. The van der Waals surface area contributed by atoms with E-state index in [1.54, 1.807) is 0 Å². The molecule has 8 nitrogen and oxygen atoms in total. The van der Waals surface area contributed by atoms with Crippen LogP contribution in [0.25, 0.3) is 0 Å². The van der Waals surface area contributed by atoms with Gasteiger partial charge in [0.15, 0.2) is 0 Å². The van der Waals surface area contributed by atoms with Crippen molar-refractivity contribution >= 4 is 35.4 Å². The summed E-state index contributed by atoms with van der Waals surface area (Å²) in [5.74, 6) is 0. The number of nitrogens with zero attached hydrogens (tertiary/aromatic N) is 5. The molecule has 1 aromatic carbocycles. The van der Waals surface area contributed by atoms with Crippen LogP contribution in [-0.2, 0) is 11.0 Å². The molecule has 166 valence electrons. The summed E-state index contributed by atoms with van der Waals surface area (Å²) in [5, 5.41) is 18.2. The van der Waals surface area contributed by atoms with Crippen molar-refractivity contribution in [1.82, 2.24) is 10.2 Å². The number of rotatable bonds is 14. The van der Waals surface area contributed by atoms with Gasteiger partial charge in [-0.05, 0) is 37.6 Å². The van der Waals surface area contributed by atoms with E-state index < -0.39 is 7.60 Å². The van der Waals surface area contributed by atoms with Crippen molar-refractivity contribution in [2.75, 3.05) is 24.2 Å². The van der Waals surface area contributed by atoms with Gasteiger partial charge in [0.25, 0.3) is 5.13 Å². The van der Waals surface area contributed by atoms with Gasteiger partial charge < -0.3 is 14.7 Å². The van der Waals surface area contributed by atoms with Crippen molar-refractivity contribution in [3.63, 3.8) is 0 Å². The van der Waals surface area contributed by atoms with E-state index in [4.69, 9.17) is 9.79 Å². The molecule has 0 fully saturated rings. The Bertz CT molecular complexity index is 822. The lowest BCUT2D eigenvalue weighted by atomic mass is 10.1. The number of hydrogen-bond donors (Lipinski definition) is 2. The Kier molecular flexibility index (Phi) is 10.6. The quantitative estimate of drug-likeness (QED) is 0.210. The Morgan fingerprint density at radius 1 is 1.00 bits per heavy atom. The van der Waals surface area contributed by atoms with Gasteiger partial charge in [-0.15, -0.1) is 20.4 Å². The van der Waals surface area contributed by atoms with E-state index in [0.717, 1.165) is 23.5 Å². The van der Waals surface area contributed by atoms with Crippen LogP contribution in [0, 0.1) is 0 Å². The van der Waals surface area contributed by atoms with E-state index in [1.165, 1.54) is 43.4 Å². The second-order valence-electron chi connectivity index (χ2n) is 7.18. The topological polar surface area (TPSA) is 111 Å². The van der Waals surface area contributed by atoms with Crippen LogP contribution >= 0.6 is 18.9 Å². The summed E-state index contributed by atoms with van der Waals surface area (Å²) in [6.07, 6.45) is 8.30. The lowest BCUT2D eigenvalue weighted by Gasteiger charge is -2.23. The molecular weight excluding hydrogens is 421 g/mol. The molecule has 0 unspecified atom stereocenters. The fourth-order valence-corrected chi connectivity index (χ4v) is 4.20. The Hall–Kier alpha value is -1.67. The molecule has 2 N–H and O–H groups in total. The Morgan fingerprint density at radius 3 is 2.37 bits per heavy atom. The van der Waals surface area contributed by atoms with E-state index in [-0.39, 0.29) is 6.16 Å². The number of unbranched alkanes of at least 4 members (excludes halogenated alkanes) is 5. The first-order chi connectivity index (χ1) is 14.4. The molecule has 2 aromatic rings. The fraction of sp³-hybridized carbons (Fsp3) is 0.600. The largest absolute Gasteiger partial charge is 0.371 e. The lowest BCUT2D eigenvalue weighted by Crippen LogP contribution is -2.26. The highest BCUT2D eigenvalue weighted by atomic mass is 32.1. The van der Waals surface area contributed by atoms with Crippen LogP contribution < -0.4 is 4.90 Å². The van der Waals surface area contributed by atoms with Gasteiger partial charge in [-0.2, -0.15) is 0 Å². The molecule has 0 amide bonds. The molecule has 2 rings (SSSR count). The van der Waals surface area contributed by atoms with E-state index in [9.17, 15) is 4.57 Å². The number of hydrogen-bond acceptors (Lipinski definition) is 7. The first-order valence-corrected chi connectivity index (χ1v) is 13.2. The molecule has 0 aliphatic carbocycles. The number of benzene rings is 1. The van der Waals surface area contributed by atoms with Crippen LogP contribution in [0.4, 0.5) is 16.5 Å². The van der Waals surface area contributed by atoms with Gasteiger partial charge in [-0.25, -0.2) is 0 Å². The molecule has 0 radical (unpaired) electrons. The van der Waals surface area contributed by atoms with E-state index in [2.05, 4.69) is 27.3 Å². The summed E-state index contributed by atoms with van der Waals surface area (Å²) in [4.78, 5) is 20.1. The minimum Gasteiger partial charge on any atom is -0.371 e. The molecule has 1 aromatic heterocycles. The molecule has 30 heavy (non-hydrogen) atoms. The number of aryl methyl sites for hydroxylation is 1. The zero-order valence-corrected chi connectivity index (χ0v) is 19.5. The van der Waals surface area contributed by atoms with Gasteiger partial charge in [0, 0.05) is 25.2 Å². The van der Waals surface area contributed by atoms with Gasteiger partial charge >= 0.3 is 7.60 Å². The Balaban J connectivity index is 1.83. The van der Waals surface area contributed by atoms with Crippen molar-refractivity contribution in [3.05, 3.63) is 29.3 Å². The standard InChI is InChI=1S/C20H32N5O3PS/c1-3-5-6-7-8-9-10-19-22-24-20(30-19)23-21-17-11-13-18(14-12-17)25(4-2)15-16-29(26,27)28/h11-14H,3-10,15-16H2,1-2H3,(H2,26,27,28). The molecule has 0 spiro atoms. The van der Waals surface area contributed by atoms with Gasteiger partial charge in [0.1, 0.15) is 5.01 Å². The van der Waals surface area contributed by atoms with Crippen molar-refractivity contribution in [2.24, 2.45) is 10.2 Å². The zero-order valence-electron chi connectivity index (χ0n) is 17.8. The predicted molar refractivity (Wildman–Crippen MR) is 122 cm³/mol. The maximum atomic E-state index is 11.1. The molecule has 0 bridgehead atoms. The minimum absolute atomic E-state index is 0.166. The number of azo groups is 1. The predicted octanol–water partition coefficient (Wildman–Crippen LogP) is 5.86. The first kappa shape index (κ1) is 24.6. The Labute approximate surface area is 182 Å². The summed E-state index contributed by atoms with van der Waals surface area (Å²) in [7, 11) is -4.01. The van der Waals surface area contributed by atoms with Gasteiger partial charge in [0.2, 0.25) is 0 Å². The number of aromatic nitrogens is 2. The Morgan fingerprint density at radius 2 is 1.70 bits per heavy atom. The van der Waals surface area contributed by atoms with Gasteiger partial charge in [-0.1, -0.05) is 50.4 Å². The lowest BCUT2D eigenvalue weighted by molar-refractivity contribution is 0.373. The van der Waals surface area contributed by atoms with Crippen molar-refractivity contribution < 1.29 is 14.4 Å². The highest BCUT2D eigenvalue weighted by Crippen LogP contribution is 2.34. The second-order valence-corrected chi connectivity index (χ2v) is 10.00. The average molecular weight is 454 g/mol. The third-order valence-electron chi connectivity index (χ3n) is 4.71. The third kappa shape index (κ3) is 9.43. The maximum absolute atomic E-state index is 11.1. The van der Waals surface area contributed by atoms with E-state index in [1.807, 2.05) is 36.1 Å². The number of anilines is 1. The molecule has 10 heteroatoms. The van der Waals surface area contributed by atoms with Crippen LogP contribution in [0.1, 0.15) is 57.4 Å². The van der Waals surface area contributed by atoms with Crippen molar-refractivity contribution in [2.45, 2.75) is 58.8 Å². The molecule has 0 saturated carbocycles. The smallest absolute Gasteiger partial charge is 0.327 e. The highest BCUT2D eigenvalue weighted by Gasteiger charge is 2.15. The first-order valence-electron chi connectivity index (χ1n) is 10.5. The van der Waals surface area contributed by atoms with Crippen molar-refractivity contribution in [3.8, 4) is 0 Å². The van der Waals surface area contributed by atoms with Crippen molar-refractivity contribution in [1.29, 1.82) is 0 Å². The molecule has 1 heterocycles. The second kappa shape index (κ2) is 12.9. The molecule has 0 aliphatic heterocycles.